The highest BCUT2D eigenvalue weighted by molar-refractivity contribution is 7.09. The van der Waals surface area contributed by atoms with Crippen LogP contribution < -0.4 is 10.6 Å². The topological polar surface area (TPSA) is 72.5 Å². The van der Waals surface area contributed by atoms with Gasteiger partial charge in [0, 0.05) is 39.2 Å². The van der Waals surface area contributed by atoms with Crippen LogP contribution in [0.2, 0.25) is 0 Å². The normalized spacial score (nSPS) is 10.0. The maximum atomic E-state index is 11.7. The first-order valence-corrected chi connectivity index (χ1v) is 6.57. The quantitative estimate of drug-likeness (QED) is 0.656. The van der Waals surface area contributed by atoms with Crippen LogP contribution in [0.3, 0.4) is 0 Å². The molecule has 0 aliphatic heterocycles. The van der Waals surface area contributed by atoms with Crippen LogP contribution in [0.4, 0.5) is 0 Å². The average Bonchev–Trinajstić information content (AvgIpc) is 2.82. The summed E-state index contributed by atoms with van der Waals surface area (Å²) in [6.07, 6.45) is 0. The van der Waals surface area contributed by atoms with E-state index >= 15 is 0 Å². The summed E-state index contributed by atoms with van der Waals surface area (Å²) in [6.45, 7) is 3.17. The first-order chi connectivity index (χ1) is 8.77. The number of carbonyl (C=O) groups is 1. The van der Waals surface area contributed by atoms with Crippen LogP contribution >= 0.6 is 23.7 Å². The van der Waals surface area contributed by atoms with E-state index < -0.39 is 0 Å². The molecule has 0 aromatic carbocycles. The number of halogens is 1. The van der Waals surface area contributed by atoms with E-state index in [9.17, 15) is 4.79 Å². The van der Waals surface area contributed by atoms with Crippen LogP contribution in [0, 0.1) is 0 Å². The van der Waals surface area contributed by atoms with Crippen molar-refractivity contribution in [1.29, 1.82) is 0 Å². The average molecular weight is 310 g/mol. The fourth-order valence-corrected chi connectivity index (χ4v) is 2.00. The van der Waals surface area contributed by atoms with Crippen molar-refractivity contribution < 1.29 is 14.3 Å². The van der Waals surface area contributed by atoms with Crippen LogP contribution in [0.25, 0.3) is 0 Å². The van der Waals surface area contributed by atoms with Crippen molar-refractivity contribution in [2.75, 3.05) is 40.5 Å². The third-order valence-corrected chi connectivity index (χ3v) is 2.94. The van der Waals surface area contributed by atoms with Crippen molar-refractivity contribution in [3.8, 4) is 0 Å². The molecule has 1 rings (SSSR count). The molecule has 0 aliphatic rings. The van der Waals surface area contributed by atoms with Crippen LogP contribution in [-0.4, -0.2) is 51.4 Å². The molecule has 0 spiro atoms. The molecule has 1 amide bonds. The third kappa shape index (κ3) is 7.44. The number of hydrogen-bond donors (Lipinski definition) is 2. The highest BCUT2D eigenvalue weighted by atomic mass is 35.5. The highest BCUT2D eigenvalue weighted by Gasteiger charge is 2.09. The fraction of sp³-hybridized carbons (Fsp3) is 0.636. The molecule has 110 valence electrons. The van der Waals surface area contributed by atoms with Gasteiger partial charge in [0.15, 0.2) is 0 Å². The van der Waals surface area contributed by atoms with Crippen LogP contribution in [-0.2, 0) is 16.1 Å². The standard InChI is InChI=1S/C11H19N3O3S.ClH/c1-16-6-5-12-3-4-13-11(15)9-8-18-10(14-9)7-17-2;/h8,12H,3-7H2,1-2H3,(H,13,15);1H. The Morgan fingerprint density at radius 1 is 1.32 bits per heavy atom. The van der Waals surface area contributed by atoms with Gasteiger partial charge >= 0.3 is 0 Å². The molecule has 1 aromatic heterocycles. The fourth-order valence-electron chi connectivity index (χ4n) is 1.26. The molecule has 0 saturated carbocycles. The highest BCUT2D eigenvalue weighted by Crippen LogP contribution is 2.10. The van der Waals surface area contributed by atoms with Gasteiger partial charge in [-0.25, -0.2) is 4.98 Å². The predicted octanol–water partition coefficient (Wildman–Crippen LogP) is 0.677. The van der Waals surface area contributed by atoms with Gasteiger partial charge in [-0.1, -0.05) is 0 Å². The molecule has 8 heteroatoms. The lowest BCUT2D eigenvalue weighted by atomic mass is 10.4. The van der Waals surface area contributed by atoms with Crippen molar-refractivity contribution in [2.24, 2.45) is 0 Å². The SMILES string of the molecule is COCCNCCNC(=O)c1csc(COC)n1.Cl. The van der Waals surface area contributed by atoms with E-state index in [0.717, 1.165) is 11.6 Å². The zero-order valence-electron chi connectivity index (χ0n) is 11.1. The first kappa shape index (κ1) is 18.3. The summed E-state index contributed by atoms with van der Waals surface area (Å²) in [6, 6.07) is 0. The molecule has 6 nitrogen and oxygen atoms in total. The minimum atomic E-state index is -0.151. The third-order valence-electron chi connectivity index (χ3n) is 2.12. The van der Waals surface area contributed by atoms with Crippen LogP contribution in [0.1, 0.15) is 15.5 Å². The van der Waals surface area contributed by atoms with Crippen molar-refractivity contribution in [3.63, 3.8) is 0 Å². The summed E-state index contributed by atoms with van der Waals surface area (Å²) in [5, 5.41) is 8.48. The summed E-state index contributed by atoms with van der Waals surface area (Å²) in [4.78, 5) is 15.9. The Morgan fingerprint density at radius 2 is 2.11 bits per heavy atom. The van der Waals surface area contributed by atoms with E-state index in [0.29, 0.717) is 32.0 Å². The zero-order valence-corrected chi connectivity index (χ0v) is 12.7. The summed E-state index contributed by atoms with van der Waals surface area (Å²) in [7, 11) is 3.26. The summed E-state index contributed by atoms with van der Waals surface area (Å²) >= 11 is 1.42. The lowest BCUT2D eigenvalue weighted by Gasteiger charge is -2.04. The molecule has 0 bridgehead atoms. The second kappa shape index (κ2) is 11.1. The molecule has 0 fully saturated rings. The van der Waals surface area contributed by atoms with E-state index in [2.05, 4.69) is 15.6 Å². The number of ether oxygens (including phenoxy) is 2. The minimum Gasteiger partial charge on any atom is -0.383 e. The lowest BCUT2D eigenvalue weighted by Crippen LogP contribution is -2.33. The summed E-state index contributed by atoms with van der Waals surface area (Å²) in [5.74, 6) is -0.151. The predicted molar refractivity (Wildman–Crippen MR) is 77.2 cm³/mol. The lowest BCUT2D eigenvalue weighted by molar-refractivity contribution is 0.0948. The van der Waals surface area contributed by atoms with E-state index in [1.807, 2.05) is 0 Å². The number of nitrogens with one attached hydrogen (secondary N) is 2. The summed E-state index contributed by atoms with van der Waals surface area (Å²) < 4.78 is 9.85. The van der Waals surface area contributed by atoms with Crippen molar-refractivity contribution >= 4 is 29.7 Å². The molecule has 1 aromatic rings. The maximum Gasteiger partial charge on any atom is 0.270 e. The van der Waals surface area contributed by atoms with Gasteiger partial charge in [0.1, 0.15) is 10.7 Å². The van der Waals surface area contributed by atoms with E-state index in [4.69, 9.17) is 9.47 Å². The Bertz CT molecular complexity index is 363. The number of aromatic nitrogens is 1. The Hall–Kier alpha value is -0.730. The first-order valence-electron chi connectivity index (χ1n) is 5.69. The van der Waals surface area contributed by atoms with Crippen LogP contribution in [0.5, 0.6) is 0 Å². The molecule has 2 N–H and O–H groups in total. The Labute approximate surface area is 123 Å². The molecule has 19 heavy (non-hydrogen) atoms. The van der Waals surface area contributed by atoms with Crippen LogP contribution in [0.15, 0.2) is 5.38 Å². The number of methoxy groups -OCH3 is 2. The van der Waals surface area contributed by atoms with E-state index in [1.54, 1.807) is 19.6 Å². The molecule has 0 saturated heterocycles. The Kier molecular flexibility index (Phi) is 10.7. The van der Waals surface area contributed by atoms with Gasteiger partial charge in [0.2, 0.25) is 0 Å². The number of nitrogens with zero attached hydrogens (tertiary/aromatic N) is 1. The largest absolute Gasteiger partial charge is 0.383 e. The molecule has 0 atom stereocenters. The molecule has 0 unspecified atom stereocenters. The van der Waals surface area contributed by atoms with Crippen molar-refractivity contribution in [1.82, 2.24) is 15.6 Å². The second-order valence-corrected chi connectivity index (χ2v) is 4.50. The van der Waals surface area contributed by atoms with E-state index in [1.165, 1.54) is 11.3 Å². The molecule has 1 heterocycles. The van der Waals surface area contributed by atoms with Gasteiger partial charge in [-0.2, -0.15) is 0 Å². The molecular weight excluding hydrogens is 290 g/mol. The van der Waals surface area contributed by atoms with Crippen molar-refractivity contribution in [2.45, 2.75) is 6.61 Å². The Balaban J connectivity index is 0.00000324. The molecule has 0 aliphatic carbocycles. The van der Waals surface area contributed by atoms with Gasteiger partial charge in [-0.3, -0.25) is 4.79 Å². The number of carbonyl (C=O) groups excluding carboxylic acids is 1. The molecular formula is C11H20ClN3O3S. The van der Waals surface area contributed by atoms with Gasteiger partial charge in [0.25, 0.3) is 5.91 Å². The summed E-state index contributed by atoms with van der Waals surface area (Å²) in [5.41, 5.74) is 0.448. The molecule has 0 radical (unpaired) electrons. The Morgan fingerprint density at radius 3 is 2.79 bits per heavy atom. The monoisotopic (exact) mass is 309 g/mol. The number of amides is 1. The van der Waals surface area contributed by atoms with Crippen molar-refractivity contribution in [3.05, 3.63) is 16.1 Å². The van der Waals surface area contributed by atoms with Gasteiger partial charge in [-0.15, -0.1) is 23.7 Å². The number of thiazole rings is 1. The van der Waals surface area contributed by atoms with Gasteiger partial charge in [0.05, 0.1) is 13.2 Å². The maximum absolute atomic E-state index is 11.7. The smallest absolute Gasteiger partial charge is 0.270 e. The number of rotatable bonds is 9. The van der Waals surface area contributed by atoms with E-state index in [-0.39, 0.29) is 18.3 Å². The van der Waals surface area contributed by atoms with Gasteiger partial charge < -0.3 is 20.1 Å². The zero-order chi connectivity index (χ0) is 13.2. The second-order valence-electron chi connectivity index (χ2n) is 3.56. The van der Waals surface area contributed by atoms with Gasteiger partial charge in [-0.05, 0) is 0 Å². The minimum absolute atomic E-state index is 0. The number of hydrogen-bond acceptors (Lipinski definition) is 6.